The zero-order valence-electron chi connectivity index (χ0n) is 20.1. The molecule has 2 atom stereocenters. The van der Waals surface area contributed by atoms with Gasteiger partial charge in [-0.05, 0) is 31.4 Å². The van der Waals surface area contributed by atoms with Crippen molar-refractivity contribution in [2.45, 2.75) is 83.8 Å². The smallest absolute Gasteiger partial charge is 0.335 e. The molecule has 180 valence electrons. The van der Waals surface area contributed by atoms with Crippen molar-refractivity contribution in [2.75, 3.05) is 13.7 Å². The quantitative estimate of drug-likeness (QED) is 0.227. The summed E-state index contributed by atoms with van der Waals surface area (Å²) in [6, 6.07) is 0. The van der Waals surface area contributed by atoms with E-state index in [1.807, 2.05) is 0 Å². The lowest BCUT2D eigenvalue weighted by Gasteiger charge is -2.32. The van der Waals surface area contributed by atoms with Crippen LogP contribution >= 0.6 is 0 Å². The van der Waals surface area contributed by atoms with E-state index in [1.54, 1.807) is 26.2 Å². The van der Waals surface area contributed by atoms with Crippen molar-refractivity contribution in [1.29, 1.82) is 0 Å². The van der Waals surface area contributed by atoms with E-state index in [1.165, 1.54) is 32.5 Å². The summed E-state index contributed by atoms with van der Waals surface area (Å²) in [7, 11) is 1.24. The molecule has 0 radical (unpaired) electrons. The van der Waals surface area contributed by atoms with E-state index in [0.29, 0.717) is 12.8 Å². The number of esters is 1. The highest BCUT2D eigenvalue weighted by atomic mass is 16.5. The maximum atomic E-state index is 13.1. The number of carbonyl (C=O) groups is 2. The van der Waals surface area contributed by atoms with Gasteiger partial charge in [0.2, 0.25) is 5.91 Å². The molecule has 0 aromatic carbocycles. The van der Waals surface area contributed by atoms with Gasteiger partial charge in [-0.25, -0.2) is 14.8 Å². The van der Waals surface area contributed by atoms with Gasteiger partial charge in [0.25, 0.3) is 0 Å². The first-order valence-electron chi connectivity index (χ1n) is 11.2. The van der Waals surface area contributed by atoms with Crippen LogP contribution in [0.5, 0.6) is 0 Å². The van der Waals surface area contributed by atoms with Crippen molar-refractivity contribution in [2.24, 2.45) is 5.41 Å². The van der Waals surface area contributed by atoms with Crippen LogP contribution in [0.2, 0.25) is 0 Å². The number of nitrogens with one attached hydrogen (secondary N) is 1. The topological polar surface area (TPSA) is 122 Å². The van der Waals surface area contributed by atoms with Crippen molar-refractivity contribution < 1.29 is 24.5 Å². The molecule has 8 nitrogen and oxygen atoms in total. The van der Waals surface area contributed by atoms with Crippen LogP contribution < -0.4 is 5.32 Å². The Hall–Kier alpha value is -2.32. The maximum absolute atomic E-state index is 13.1. The van der Waals surface area contributed by atoms with Crippen LogP contribution in [-0.2, 0) is 20.7 Å². The number of aromatic nitrogens is 2. The Balaban J connectivity index is 2.96. The van der Waals surface area contributed by atoms with E-state index >= 15 is 0 Å². The van der Waals surface area contributed by atoms with E-state index < -0.39 is 29.1 Å². The average Bonchev–Trinajstić information content (AvgIpc) is 2.77. The van der Waals surface area contributed by atoms with Crippen molar-refractivity contribution in [3.8, 4) is 0 Å². The molecule has 1 unspecified atom stereocenters. The molecule has 0 saturated carbocycles. The third-order valence-corrected chi connectivity index (χ3v) is 5.57. The molecule has 8 heteroatoms. The van der Waals surface area contributed by atoms with Crippen LogP contribution in [0.15, 0.2) is 30.9 Å². The molecule has 0 aliphatic carbocycles. The molecule has 3 N–H and O–H groups in total. The van der Waals surface area contributed by atoms with Crippen LogP contribution in [0.4, 0.5) is 0 Å². The van der Waals surface area contributed by atoms with Crippen molar-refractivity contribution in [3.05, 3.63) is 36.4 Å². The van der Waals surface area contributed by atoms with Crippen molar-refractivity contribution in [3.63, 3.8) is 0 Å². The van der Waals surface area contributed by atoms with Gasteiger partial charge in [-0.3, -0.25) is 4.79 Å². The first kappa shape index (κ1) is 27.7. The Morgan fingerprint density at radius 3 is 2.28 bits per heavy atom. The molecule has 0 aliphatic rings. The predicted molar refractivity (Wildman–Crippen MR) is 123 cm³/mol. The lowest BCUT2D eigenvalue weighted by molar-refractivity contribution is -0.149. The van der Waals surface area contributed by atoms with Crippen molar-refractivity contribution >= 4 is 11.9 Å². The third-order valence-electron chi connectivity index (χ3n) is 5.57. The number of unbranched alkanes of at least 4 members (excludes halogenated alkanes) is 4. The number of hydrogen-bond donors (Lipinski definition) is 3. The normalized spacial score (nSPS) is 15.7. The van der Waals surface area contributed by atoms with Gasteiger partial charge in [0.1, 0.15) is 11.9 Å². The van der Waals surface area contributed by atoms with Gasteiger partial charge in [0.05, 0.1) is 13.7 Å². The predicted octanol–water partition coefficient (Wildman–Crippen LogP) is 2.73. The summed E-state index contributed by atoms with van der Waals surface area (Å²) < 4.78 is 4.90. The number of rotatable bonds is 14. The SMILES string of the molecule is CCCCCCCC(O)(/C=C/[C@](C)(NC(=O)C(C)(C)Cc1cncnc1)C(=O)OC)CO. The number of methoxy groups -OCH3 is 1. The second kappa shape index (κ2) is 12.6. The molecular weight excluding hydrogens is 410 g/mol. The van der Waals surface area contributed by atoms with Crippen LogP contribution in [0.3, 0.4) is 0 Å². The highest BCUT2D eigenvalue weighted by Gasteiger charge is 2.39. The molecular formula is C24H39N3O5. The summed E-state index contributed by atoms with van der Waals surface area (Å²) in [6.45, 7) is 6.67. The fourth-order valence-electron chi connectivity index (χ4n) is 3.36. The Morgan fingerprint density at radius 2 is 1.72 bits per heavy atom. The molecule has 0 aliphatic heterocycles. The Labute approximate surface area is 191 Å². The third kappa shape index (κ3) is 8.67. The van der Waals surface area contributed by atoms with Gasteiger partial charge in [-0.1, -0.05) is 59.0 Å². The number of aliphatic hydroxyl groups excluding tert-OH is 1. The molecule has 0 fully saturated rings. The van der Waals surface area contributed by atoms with Crippen LogP contribution in [-0.4, -0.2) is 56.9 Å². The van der Waals surface area contributed by atoms with Gasteiger partial charge in [0, 0.05) is 17.8 Å². The second-order valence-corrected chi connectivity index (χ2v) is 9.21. The van der Waals surface area contributed by atoms with Gasteiger partial charge < -0.3 is 20.3 Å². The van der Waals surface area contributed by atoms with E-state index in [4.69, 9.17) is 4.74 Å². The monoisotopic (exact) mass is 449 g/mol. The molecule has 1 aromatic rings. The fourth-order valence-corrected chi connectivity index (χ4v) is 3.36. The first-order valence-corrected chi connectivity index (χ1v) is 11.2. The molecule has 1 amide bonds. The van der Waals surface area contributed by atoms with Gasteiger partial charge in [-0.2, -0.15) is 0 Å². The Morgan fingerprint density at radius 1 is 1.09 bits per heavy atom. The number of carbonyl (C=O) groups excluding carboxylic acids is 2. The van der Waals surface area contributed by atoms with Gasteiger partial charge >= 0.3 is 5.97 Å². The molecule has 1 rings (SSSR count). The average molecular weight is 450 g/mol. The van der Waals surface area contributed by atoms with Crippen LogP contribution in [0.1, 0.15) is 71.8 Å². The lowest BCUT2D eigenvalue weighted by Crippen LogP contribution is -2.55. The summed E-state index contributed by atoms with van der Waals surface area (Å²) in [5.41, 5.74) is -3.06. The Bertz CT molecular complexity index is 753. The lowest BCUT2D eigenvalue weighted by atomic mass is 9.84. The number of hydrogen-bond acceptors (Lipinski definition) is 7. The van der Waals surface area contributed by atoms with E-state index in [-0.39, 0.29) is 5.91 Å². The number of ether oxygens (including phenoxy) is 1. The number of amides is 1. The Kier molecular flexibility index (Phi) is 11.0. The van der Waals surface area contributed by atoms with E-state index in [2.05, 4.69) is 22.2 Å². The number of aliphatic hydroxyl groups is 2. The minimum Gasteiger partial charge on any atom is -0.467 e. The van der Waals surface area contributed by atoms with E-state index in [9.17, 15) is 19.8 Å². The molecule has 1 heterocycles. The highest BCUT2D eigenvalue weighted by Crippen LogP contribution is 2.25. The summed E-state index contributed by atoms with van der Waals surface area (Å²) >= 11 is 0. The molecule has 1 aromatic heterocycles. The maximum Gasteiger partial charge on any atom is 0.335 e. The van der Waals surface area contributed by atoms with E-state index in [0.717, 1.165) is 37.7 Å². The van der Waals surface area contributed by atoms with Gasteiger partial charge in [0.15, 0.2) is 5.54 Å². The molecule has 0 saturated heterocycles. The minimum absolute atomic E-state index is 0.356. The fraction of sp³-hybridized carbons (Fsp3) is 0.667. The first-order chi connectivity index (χ1) is 15.0. The molecule has 0 spiro atoms. The van der Waals surface area contributed by atoms with Crippen LogP contribution in [0.25, 0.3) is 0 Å². The standard InChI is InChI=1S/C24H39N3O5/c1-6-7-8-9-10-11-24(31,17-28)13-12-23(4,21(30)32-5)27-20(29)22(2,3)14-19-15-25-18-26-16-19/h12-13,15-16,18,28,31H,6-11,14,17H2,1-5H3,(H,27,29)/b13-12+/t23-,24?/m0/s1. The van der Waals surface area contributed by atoms with Crippen LogP contribution in [0, 0.1) is 5.41 Å². The molecule has 32 heavy (non-hydrogen) atoms. The largest absolute Gasteiger partial charge is 0.467 e. The second-order valence-electron chi connectivity index (χ2n) is 9.21. The summed E-state index contributed by atoms with van der Waals surface area (Å²) in [5, 5.41) is 23.3. The summed E-state index contributed by atoms with van der Waals surface area (Å²) in [4.78, 5) is 33.5. The zero-order chi connectivity index (χ0) is 24.3. The minimum atomic E-state index is -1.51. The summed E-state index contributed by atoms with van der Waals surface area (Å²) in [6.07, 6.45) is 13.2. The zero-order valence-corrected chi connectivity index (χ0v) is 20.1. The highest BCUT2D eigenvalue weighted by molar-refractivity contribution is 5.91. The number of nitrogens with zero attached hydrogens (tertiary/aromatic N) is 2. The van der Waals surface area contributed by atoms with Crippen molar-refractivity contribution in [1.82, 2.24) is 15.3 Å². The van der Waals surface area contributed by atoms with Gasteiger partial charge in [-0.15, -0.1) is 0 Å². The molecule has 0 bridgehead atoms. The summed E-state index contributed by atoms with van der Waals surface area (Å²) in [5.74, 6) is -1.05.